The Morgan fingerprint density at radius 2 is 2.36 bits per heavy atom. The Morgan fingerprint density at radius 3 is 3.00 bits per heavy atom. The maximum atomic E-state index is 5.21. The van der Waals surface area contributed by atoms with Gasteiger partial charge in [0, 0.05) is 12.6 Å². The predicted molar refractivity (Wildman–Crippen MR) is 58.2 cm³/mol. The molecule has 3 nitrogen and oxygen atoms in total. The minimum atomic E-state index is 0.518. The van der Waals surface area contributed by atoms with Crippen LogP contribution in [0.25, 0.3) is 0 Å². The third-order valence-corrected chi connectivity index (χ3v) is 2.07. The van der Waals surface area contributed by atoms with Crippen LogP contribution >= 0.6 is 0 Å². The zero-order chi connectivity index (χ0) is 10.2. The molecular formula is C11H20N2O. The van der Waals surface area contributed by atoms with E-state index in [1.165, 1.54) is 6.42 Å². The van der Waals surface area contributed by atoms with Gasteiger partial charge in [-0.25, -0.2) is 0 Å². The van der Waals surface area contributed by atoms with Gasteiger partial charge in [0.25, 0.3) is 0 Å². The molecule has 1 aromatic rings. The number of furan rings is 1. The maximum Gasteiger partial charge on any atom is 0.117 e. The zero-order valence-corrected chi connectivity index (χ0v) is 9.05. The summed E-state index contributed by atoms with van der Waals surface area (Å²) in [4.78, 5) is 0. The van der Waals surface area contributed by atoms with Crippen LogP contribution in [0.15, 0.2) is 22.8 Å². The molecule has 0 aliphatic heterocycles. The predicted octanol–water partition coefficient (Wildman–Crippen LogP) is 1.76. The lowest BCUT2D eigenvalue weighted by Gasteiger charge is -2.13. The Bertz CT molecular complexity index is 221. The molecule has 0 bridgehead atoms. The lowest BCUT2D eigenvalue weighted by molar-refractivity contribution is 0.454. The van der Waals surface area contributed by atoms with Gasteiger partial charge in [-0.2, -0.15) is 0 Å². The molecule has 1 aromatic heterocycles. The average Bonchev–Trinajstić information content (AvgIpc) is 2.67. The van der Waals surface area contributed by atoms with Gasteiger partial charge in [0.15, 0.2) is 0 Å². The van der Waals surface area contributed by atoms with Crippen molar-refractivity contribution >= 4 is 0 Å². The third-order valence-electron chi connectivity index (χ3n) is 2.07. The first-order valence-corrected chi connectivity index (χ1v) is 5.29. The van der Waals surface area contributed by atoms with E-state index in [1.807, 2.05) is 12.1 Å². The molecule has 0 aromatic carbocycles. The third kappa shape index (κ3) is 4.44. The first kappa shape index (κ1) is 11.3. The molecule has 0 radical (unpaired) electrons. The summed E-state index contributed by atoms with van der Waals surface area (Å²) in [5.41, 5.74) is 0. The van der Waals surface area contributed by atoms with Crippen molar-refractivity contribution in [2.45, 2.75) is 32.9 Å². The molecule has 3 heteroatoms. The summed E-state index contributed by atoms with van der Waals surface area (Å²) in [6.07, 6.45) is 2.89. The summed E-state index contributed by atoms with van der Waals surface area (Å²) >= 11 is 0. The molecule has 1 atom stereocenters. The van der Waals surface area contributed by atoms with Gasteiger partial charge in [-0.15, -0.1) is 0 Å². The molecule has 0 aliphatic carbocycles. The standard InChI is InChI=1S/C11H20N2O/c1-3-6-13-10(2)8-12-9-11-5-4-7-14-11/h4-5,7,10,12-13H,3,6,8-9H2,1-2H3. The summed E-state index contributed by atoms with van der Waals surface area (Å²) < 4.78 is 5.21. The Hall–Kier alpha value is -0.800. The number of hydrogen-bond donors (Lipinski definition) is 2. The van der Waals surface area contributed by atoms with Crippen LogP contribution in [-0.4, -0.2) is 19.1 Å². The van der Waals surface area contributed by atoms with E-state index in [-0.39, 0.29) is 0 Å². The Morgan fingerprint density at radius 1 is 1.50 bits per heavy atom. The molecule has 0 spiro atoms. The summed E-state index contributed by atoms with van der Waals surface area (Å²) in [5.74, 6) is 0.993. The van der Waals surface area contributed by atoms with Crippen LogP contribution in [0.5, 0.6) is 0 Å². The second kappa shape index (κ2) is 6.62. The lowest BCUT2D eigenvalue weighted by atomic mass is 10.3. The Balaban J connectivity index is 2.03. The molecule has 14 heavy (non-hydrogen) atoms. The van der Waals surface area contributed by atoms with Crippen LogP contribution in [0.3, 0.4) is 0 Å². The molecule has 1 unspecified atom stereocenters. The van der Waals surface area contributed by atoms with Gasteiger partial charge in [0.1, 0.15) is 5.76 Å². The van der Waals surface area contributed by atoms with Gasteiger partial charge in [-0.3, -0.25) is 0 Å². The van der Waals surface area contributed by atoms with Gasteiger partial charge in [0.05, 0.1) is 12.8 Å². The fourth-order valence-electron chi connectivity index (χ4n) is 1.29. The van der Waals surface area contributed by atoms with E-state index in [2.05, 4.69) is 24.5 Å². The van der Waals surface area contributed by atoms with Crippen molar-refractivity contribution in [1.29, 1.82) is 0 Å². The van der Waals surface area contributed by atoms with Crippen molar-refractivity contribution in [3.63, 3.8) is 0 Å². The van der Waals surface area contributed by atoms with Crippen LogP contribution < -0.4 is 10.6 Å². The van der Waals surface area contributed by atoms with Crippen LogP contribution in [-0.2, 0) is 6.54 Å². The number of nitrogens with one attached hydrogen (secondary N) is 2. The van der Waals surface area contributed by atoms with E-state index in [0.717, 1.165) is 25.4 Å². The van der Waals surface area contributed by atoms with Crippen molar-refractivity contribution in [2.24, 2.45) is 0 Å². The minimum Gasteiger partial charge on any atom is -0.468 e. The van der Waals surface area contributed by atoms with Crippen molar-refractivity contribution in [3.8, 4) is 0 Å². The zero-order valence-electron chi connectivity index (χ0n) is 9.05. The number of rotatable bonds is 7. The van der Waals surface area contributed by atoms with Gasteiger partial charge < -0.3 is 15.1 Å². The Kier molecular flexibility index (Phi) is 5.33. The van der Waals surface area contributed by atoms with Crippen molar-refractivity contribution < 1.29 is 4.42 Å². The van der Waals surface area contributed by atoms with Crippen LogP contribution in [0.2, 0.25) is 0 Å². The van der Waals surface area contributed by atoms with E-state index >= 15 is 0 Å². The second-order valence-corrected chi connectivity index (χ2v) is 3.57. The fourth-order valence-corrected chi connectivity index (χ4v) is 1.29. The molecule has 0 amide bonds. The highest BCUT2D eigenvalue weighted by atomic mass is 16.3. The average molecular weight is 196 g/mol. The van der Waals surface area contributed by atoms with Gasteiger partial charge in [0.2, 0.25) is 0 Å². The summed E-state index contributed by atoms with van der Waals surface area (Å²) in [7, 11) is 0. The number of hydrogen-bond acceptors (Lipinski definition) is 3. The van der Waals surface area contributed by atoms with Gasteiger partial charge >= 0.3 is 0 Å². The van der Waals surface area contributed by atoms with Crippen molar-refractivity contribution in [1.82, 2.24) is 10.6 Å². The fraction of sp³-hybridized carbons (Fsp3) is 0.636. The largest absolute Gasteiger partial charge is 0.468 e. The summed E-state index contributed by atoms with van der Waals surface area (Å²) in [6, 6.07) is 4.41. The highest BCUT2D eigenvalue weighted by molar-refractivity contribution is 4.97. The van der Waals surface area contributed by atoms with Crippen molar-refractivity contribution in [2.75, 3.05) is 13.1 Å². The van der Waals surface area contributed by atoms with Gasteiger partial charge in [-0.05, 0) is 32.0 Å². The molecule has 0 aliphatic rings. The first-order valence-electron chi connectivity index (χ1n) is 5.29. The quantitative estimate of drug-likeness (QED) is 0.697. The lowest BCUT2D eigenvalue weighted by Crippen LogP contribution is -2.36. The van der Waals surface area contributed by atoms with Crippen LogP contribution in [0, 0.1) is 0 Å². The maximum absolute atomic E-state index is 5.21. The second-order valence-electron chi connectivity index (χ2n) is 3.57. The molecular weight excluding hydrogens is 176 g/mol. The van der Waals surface area contributed by atoms with Crippen molar-refractivity contribution in [3.05, 3.63) is 24.2 Å². The minimum absolute atomic E-state index is 0.518. The molecule has 1 rings (SSSR count). The van der Waals surface area contributed by atoms with Gasteiger partial charge in [-0.1, -0.05) is 6.92 Å². The smallest absolute Gasteiger partial charge is 0.117 e. The molecule has 2 N–H and O–H groups in total. The molecule has 80 valence electrons. The summed E-state index contributed by atoms with van der Waals surface area (Å²) in [6.45, 7) is 7.23. The molecule has 1 heterocycles. The molecule has 0 saturated heterocycles. The monoisotopic (exact) mass is 196 g/mol. The topological polar surface area (TPSA) is 37.2 Å². The summed E-state index contributed by atoms with van der Waals surface area (Å²) in [5, 5.41) is 6.76. The highest BCUT2D eigenvalue weighted by Gasteiger charge is 2.00. The first-order chi connectivity index (χ1) is 6.83. The molecule has 0 fully saturated rings. The van der Waals surface area contributed by atoms with Crippen LogP contribution in [0.1, 0.15) is 26.0 Å². The van der Waals surface area contributed by atoms with E-state index in [1.54, 1.807) is 6.26 Å². The van der Waals surface area contributed by atoms with Crippen LogP contribution in [0.4, 0.5) is 0 Å². The van der Waals surface area contributed by atoms with E-state index in [9.17, 15) is 0 Å². The normalized spacial score (nSPS) is 13.0. The Labute approximate surface area is 85.9 Å². The highest BCUT2D eigenvalue weighted by Crippen LogP contribution is 1.98. The van der Waals surface area contributed by atoms with E-state index in [4.69, 9.17) is 4.42 Å². The molecule has 0 saturated carbocycles. The SMILES string of the molecule is CCCNC(C)CNCc1ccco1. The van der Waals surface area contributed by atoms with E-state index in [0.29, 0.717) is 6.04 Å². The van der Waals surface area contributed by atoms with E-state index < -0.39 is 0 Å².